The standard InChI is InChI=1S/C26H30ClF2N4O8P/c1-33(25(34)31-14-18-5-4-6-22(29)24(18)27)21(15-39-9-10-41-42(36,37-2)38-3)16-40-26(35)32-23-12-19-11-20(28)8-7-17(19)13-30-23/h4-8,11-13,21H,9-10,14-16H2,1-3H3,(H,31,34)(H,30,32,35)/t21-/m0/s1. The van der Waals surface area contributed by atoms with Crippen molar-refractivity contribution in [2.24, 2.45) is 0 Å². The second-order valence-corrected chi connectivity index (χ2v) is 10.9. The first-order chi connectivity index (χ1) is 20.0. The summed E-state index contributed by atoms with van der Waals surface area (Å²) < 4.78 is 64.6. The molecule has 2 aromatic carbocycles. The van der Waals surface area contributed by atoms with Crippen LogP contribution in [-0.2, 0) is 34.2 Å². The number of pyridine rings is 1. The van der Waals surface area contributed by atoms with Gasteiger partial charge in [-0.3, -0.25) is 18.9 Å². The van der Waals surface area contributed by atoms with Gasteiger partial charge in [-0.05, 0) is 41.3 Å². The lowest BCUT2D eigenvalue weighted by atomic mass is 10.2. The highest BCUT2D eigenvalue weighted by Gasteiger charge is 2.24. The summed E-state index contributed by atoms with van der Waals surface area (Å²) in [6, 6.07) is 8.46. The first kappa shape index (κ1) is 33.1. The number of urea groups is 1. The minimum atomic E-state index is -3.70. The molecule has 42 heavy (non-hydrogen) atoms. The number of ether oxygens (including phenoxy) is 2. The molecule has 0 fully saturated rings. The minimum absolute atomic E-state index is 0.0642. The van der Waals surface area contributed by atoms with E-state index in [2.05, 4.69) is 24.7 Å². The highest BCUT2D eigenvalue weighted by Crippen LogP contribution is 2.47. The van der Waals surface area contributed by atoms with Gasteiger partial charge in [0.25, 0.3) is 0 Å². The van der Waals surface area contributed by atoms with Crippen molar-refractivity contribution >= 4 is 48.1 Å². The van der Waals surface area contributed by atoms with Crippen LogP contribution in [0.25, 0.3) is 10.8 Å². The van der Waals surface area contributed by atoms with E-state index in [0.29, 0.717) is 16.3 Å². The number of phosphoric acid groups is 1. The van der Waals surface area contributed by atoms with Crippen molar-refractivity contribution in [3.8, 4) is 0 Å². The number of nitrogens with one attached hydrogen (secondary N) is 2. The number of carbonyl (C=O) groups is 2. The normalized spacial score (nSPS) is 12.1. The summed E-state index contributed by atoms with van der Waals surface area (Å²) in [5.74, 6) is -0.937. The van der Waals surface area contributed by atoms with E-state index >= 15 is 0 Å². The van der Waals surface area contributed by atoms with Crippen LogP contribution in [0.15, 0.2) is 48.7 Å². The van der Waals surface area contributed by atoms with Gasteiger partial charge in [-0.1, -0.05) is 23.7 Å². The zero-order chi connectivity index (χ0) is 30.7. The molecule has 1 heterocycles. The summed E-state index contributed by atoms with van der Waals surface area (Å²) in [5.41, 5.74) is 0.363. The number of benzene rings is 2. The molecule has 2 N–H and O–H groups in total. The van der Waals surface area contributed by atoms with Crippen LogP contribution >= 0.6 is 19.4 Å². The van der Waals surface area contributed by atoms with Crippen LogP contribution in [0.1, 0.15) is 5.56 Å². The lowest BCUT2D eigenvalue weighted by molar-refractivity contribution is 0.0295. The van der Waals surface area contributed by atoms with Crippen LogP contribution in [0.4, 0.5) is 24.2 Å². The molecule has 0 aliphatic carbocycles. The maximum absolute atomic E-state index is 13.7. The fourth-order valence-corrected chi connectivity index (χ4v) is 4.37. The molecule has 0 aliphatic rings. The van der Waals surface area contributed by atoms with Gasteiger partial charge in [-0.15, -0.1) is 0 Å². The average molecular weight is 631 g/mol. The Labute approximate surface area is 245 Å². The third-order valence-corrected chi connectivity index (χ3v) is 7.70. The van der Waals surface area contributed by atoms with E-state index < -0.39 is 37.6 Å². The summed E-state index contributed by atoms with van der Waals surface area (Å²) in [6.45, 7) is -0.728. The number of hydrogen-bond donors (Lipinski definition) is 2. The second-order valence-electron chi connectivity index (χ2n) is 8.64. The van der Waals surface area contributed by atoms with Gasteiger partial charge in [0, 0.05) is 39.4 Å². The maximum atomic E-state index is 13.7. The number of likely N-dealkylation sites (N-methyl/N-ethyl adjacent to an activating group) is 1. The molecule has 3 aromatic rings. The first-order valence-electron chi connectivity index (χ1n) is 12.4. The van der Waals surface area contributed by atoms with Gasteiger partial charge in [0.1, 0.15) is 24.1 Å². The van der Waals surface area contributed by atoms with Crippen LogP contribution in [0, 0.1) is 11.6 Å². The number of phosphoric ester groups is 1. The van der Waals surface area contributed by atoms with Crippen molar-refractivity contribution in [3.63, 3.8) is 0 Å². The van der Waals surface area contributed by atoms with Gasteiger partial charge in [0.2, 0.25) is 0 Å². The molecule has 1 aromatic heterocycles. The van der Waals surface area contributed by atoms with Crippen molar-refractivity contribution in [1.29, 1.82) is 0 Å². The summed E-state index contributed by atoms with van der Waals surface area (Å²) in [6.07, 6.45) is 0.589. The molecule has 12 nitrogen and oxygen atoms in total. The largest absolute Gasteiger partial charge is 0.474 e. The van der Waals surface area contributed by atoms with Gasteiger partial charge >= 0.3 is 19.9 Å². The Morgan fingerprint density at radius 2 is 1.83 bits per heavy atom. The number of nitrogens with zero attached hydrogens (tertiary/aromatic N) is 2. The Bertz CT molecular complexity index is 1430. The minimum Gasteiger partial charge on any atom is -0.447 e. The molecule has 16 heteroatoms. The molecular formula is C26H30ClF2N4O8P. The van der Waals surface area contributed by atoms with Gasteiger partial charge in [0.05, 0.1) is 30.9 Å². The molecule has 0 bridgehead atoms. The number of hydrogen-bond acceptors (Lipinski definition) is 9. The molecule has 0 spiro atoms. The van der Waals surface area contributed by atoms with E-state index in [4.69, 9.17) is 25.6 Å². The van der Waals surface area contributed by atoms with Crippen molar-refractivity contribution in [3.05, 3.63) is 70.9 Å². The lowest BCUT2D eigenvalue weighted by Gasteiger charge is -2.28. The van der Waals surface area contributed by atoms with Crippen molar-refractivity contribution in [1.82, 2.24) is 15.2 Å². The fourth-order valence-electron chi connectivity index (χ4n) is 3.52. The van der Waals surface area contributed by atoms with Gasteiger partial charge in [0.15, 0.2) is 0 Å². The summed E-state index contributed by atoms with van der Waals surface area (Å²) >= 11 is 5.96. The van der Waals surface area contributed by atoms with E-state index in [9.17, 15) is 22.9 Å². The van der Waals surface area contributed by atoms with Crippen molar-refractivity contribution < 1.29 is 46.0 Å². The quantitative estimate of drug-likeness (QED) is 0.178. The third kappa shape index (κ3) is 9.58. The van der Waals surface area contributed by atoms with Crippen molar-refractivity contribution in [2.45, 2.75) is 12.6 Å². The van der Waals surface area contributed by atoms with Gasteiger partial charge in [-0.25, -0.2) is 27.9 Å². The van der Waals surface area contributed by atoms with E-state index in [-0.39, 0.29) is 43.8 Å². The van der Waals surface area contributed by atoms with E-state index in [1.54, 1.807) is 12.1 Å². The van der Waals surface area contributed by atoms with Crippen LogP contribution in [-0.4, -0.2) is 75.7 Å². The van der Waals surface area contributed by atoms with E-state index in [1.807, 2.05) is 0 Å². The van der Waals surface area contributed by atoms with Crippen LogP contribution in [0.3, 0.4) is 0 Å². The number of anilines is 1. The fraction of sp³-hybridized carbons (Fsp3) is 0.346. The molecule has 3 rings (SSSR count). The van der Waals surface area contributed by atoms with Gasteiger partial charge < -0.3 is 19.7 Å². The average Bonchev–Trinajstić information content (AvgIpc) is 2.98. The Hall–Kier alpha value is -3.39. The first-order valence-corrected chi connectivity index (χ1v) is 14.3. The molecule has 1 atom stereocenters. The lowest BCUT2D eigenvalue weighted by Crippen LogP contribution is -2.48. The molecule has 0 saturated carbocycles. The number of carbonyl (C=O) groups excluding carboxylic acids is 2. The van der Waals surface area contributed by atoms with E-state index in [1.165, 1.54) is 62.7 Å². The molecule has 0 aliphatic heterocycles. The number of rotatable bonds is 14. The molecule has 3 amide bonds. The smallest absolute Gasteiger partial charge is 0.447 e. The Balaban J connectivity index is 1.60. The second kappa shape index (κ2) is 15.7. The Morgan fingerprint density at radius 3 is 2.57 bits per heavy atom. The topological polar surface area (TPSA) is 138 Å². The van der Waals surface area contributed by atoms with E-state index in [0.717, 1.165) is 0 Å². The predicted octanol–water partition coefficient (Wildman–Crippen LogP) is 5.36. The van der Waals surface area contributed by atoms with Crippen LogP contribution in [0.2, 0.25) is 5.02 Å². The third-order valence-electron chi connectivity index (χ3n) is 5.88. The van der Waals surface area contributed by atoms with Crippen LogP contribution < -0.4 is 10.6 Å². The number of halogens is 3. The maximum Gasteiger partial charge on any atom is 0.474 e. The molecule has 0 unspecified atom stereocenters. The monoisotopic (exact) mass is 630 g/mol. The number of amides is 3. The molecule has 0 radical (unpaired) electrons. The summed E-state index contributed by atoms with van der Waals surface area (Å²) in [7, 11) is 0.0755. The van der Waals surface area contributed by atoms with Gasteiger partial charge in [-0.2, -0.15) is 0 Å². The zero-order valence-electron chi connectivity index (χ0n) is 23.0. The highest BCUT2D eigenvalue weighted by atomic mass is 35.5. The molecule has 228 valence electrons. The Morgan fingerprint density at radius 1 is 1.07 bits per heavy atom. The summed E-state index contributed by atoms with van der Waals surface area (Å²) in [4.78, 5) is 30.7. The molecular weight excluding hydrogens is 601 g/mol. The number of fused-ring (bicyclic) bond motifs is 1. The zero-order valence-corrected chi connectivity index (χ0v) is 24.6. The highest BCUT2D eigenvalue weighted by molar-refractivity contribution is 7.48. The van der Waals surface area contributed by atoms with Crippen LogP contribution in [0.5, 0.6) is 0 Å². The molecule has 0 saturated heterocycles. The predicted molar refractivity (Wildman–Crippen MR) is 150 cm³/mol. The SMILES string of the molecule is COP(=O)(OC)OCCOC[C@@H](COC(=O)Nc1cc2cc(F)ccc2cn1)N(C)C(=O)NCc1cccc(F)c1Cl. The Kier molecular flexibility index (Phi) is 12.4. The number of aromatic nitrogens is 1. The van der Waals surface area contributed by atoms with Crippen molar-refractivity contribution in [2.75, 3.05) is 53.0 Å². The summed E-state index contributed by atoms with van der Waals surface area (Å²) in [5, 5.41) is 6.16.